The van der Waals surface area contributed by atoms with Crippen LogP contribution in [0, 0.1) is 12.8 Å². The van der Waals surface area contributed by atoms with Gasteiger partial charge in [0.1, 0.15) is 29.4 Å². The molecule has 1 aromatic carbocycles. The van der Waals surface area contributed by atoms with Gasteiger partial charge in [-0.05, 0) is 82.3 Å². The molecule has 0 fully saturated rings. The van der Waals surface area contributed by atoms with Crippen molar-refractivity contribution in [3.8, 4) is 11.5 Å². The van der Waals surface area contributed by atoms with E-state index in [0.717, 1.165) is 34.9 Å². The molecule has 0 saturated carbocycles. The van der Waals surface area contributed by atoms with Gasteiger partial charge in [-0.25, -0.2) is 4.79 Å². The van der Waals surface area contributed by atoms with E-state index in [1.165, 1.54) is 5.56 Å². The zero-order valence-electron chi connectivity index (χ0n) is 20.6. The molecule has 3 rings (SSSR count). The smallest absolute Gasteiger partial charge is 0.411 e. The number of rotatable bonds is 5. The average molecular weight is 441 g/mol. The molecule has 2 aromatic rings. The van der Waals surface area contributed by atoms with Crippen molar-refractivity contribution < 1.29 is 19.0 Å². The highest BCUT2D eigenvalue weighted by atomic mass is 16.6. The number of aromatic nitrogens is 1. The van der Waals surface area contributed by atoms with Crippen LogP contribution in [0.1, 0.15) is 70.1 Å². The van der Waals surface area contributed by atoms with Gasteiger partial charge in [0.2, 0.25) is 0 Å². The van der Waals surface area contributed by atoms with Crippen LogP contribution in [-0.4, -0.2) is 34.7 Å². The summed E-state index contributed by atoms with van der Waals surface area (Å²) in [5.41, 5.74) is 3.53. The fourth-order valence-corrected chi connectivity index (χ4v) is 4.30. The van der Waals surface area contributed by atoms with Crippen LogP contribution in [0.4, 0.5) is 4.79 Å². The van der Waals surface area contributed by atoms with Crippen molar-refractivity contribution in [1.29, 1.82) is 0 Å². The largest absolute Gasteiger partial charge is 0.495 e. The van der Waals surface area contributed by atoms with Crippen molar-refractivity contribution >= 4 is 6.09 Å². The molecular weight excluding hydrogens is 404 g/mol. The third kappa shape index (κ3) is 5.34. The topological polar surface area (TPSA) is 60.9 Å². The predicted octanol–water partition coefficient (Wildman–Crippen LogP) is 5.86. The summed E-state index contributed by atoms with van der Waals surface area (Å²) in [5.74, 6) is 1.75. The number of methoxy groups -OCH3 is 1. The number of nitrogens with zero attached hydrogens (tertiary/aromatic N) is 2. The summed E-state index contributed by atoms with van der Waals surface area (Å²) in [6.07, 6.45) is 0.494. The lowest BCUT2D eigenvalue weighted by Crippen LogP contribution is -2.49. The van der Waals surface area contributed by atoms with Gasteiger partial charge in [-0.3, -0.25) is 9.88 Å². The van der Waals surface area contributed by atoms with Gasteiger partial charge in [0.25, 0.3) is 0 Å². The van der Waals surface area contributed by atoms with Gasteiger partial charge in [0, 0.05) is 11.7 Å². The molecule has 0 bridgehead atoms. The zero-order valence-corrected chi connectivity index (χ0v) is 20.6. The van der Waals surface area contributed by atoms with Crippen LogP contribution < -0.4 is 9.47 Å². The normalized spacial score (nSPS) is 18.3. The average Bonchev–Trinajstić information content (AvgIpc) is 2.69. The monoisotopic (exact) mass is 440 g/mol. The molecule has 1 aliphatic rings. The maximum absolute atomic E-state index is 13.0. The van der Waals surface area contributed by atoms with Crippen molar-refractivity contribution in [2.24, 2.45) is 5.92 Å². The van der Waals surface area contributed by atoms with Gasteiger partial charge < -0.3 is 14.2 Å². The summed E-state index contributed by atoms with van der Waals surface area (Å²) in [4.78, 5) is 19.5. The highest BCUT2D eigenvalue weighted by Crippen LogP contribution is 2.40. The SMILES string of the molecule is COc1ccc(C)nc1COc1ccc2c(c1)CC(C)N(C(=O)OC(C)(C)C)C2C(C)C. The van der Waals surface area contributed by atoms with Crippen molar-refractivity contribution in [3.63, 3.8) is 0 Å². The maximum atomic E-state index is 13.0. The van der Waals surface area contributed by atoms with Crippen LogP contribution in [0.2, 0.25) is 0 Å². The first-order valence-corrected chi connectivity index (χ1v) is 11.3. The first-order chi connectivity index (χ1) is 15.0. The molecule has 2 unspecified atom stereocenters. The van der Waals surface area contributed by atoms with Crippen LogP contribution in [0.15, 0.2) is 30.3 Å². The number of carbonyl (C=O) groups is 1. The lowest BCUT2D eigenvalue weighted by molar-refractivity contribution is -0.00289. The van der Waals surface area contributed by atoms with E-state index in [1.807, 2.05) is 50.8 Å². The number of fused-ring (bicyclic) bond motifs is 1. The zero-order chi connectivity index (χ0) is 23.6. The fraction of sp³-hybridized carbons (Fsp3) is 0.538. The molecule has 2 atom stereocenters. The Morgan fingerprint density at radius 2 is 1.94 bits per heavy atom. The Morgan fingerprint density at radius 3 is 2.56 bits per heavy atom. The Labute approximate surface area is 191 Å². The molecule has 2 heterocycles. The van der Waals surface area contributed by atoms with Gasteiger partial charge in [0.15, 0.2) is 0 Å². The number of hydrogen-bond donors (Lipinski definition) is 0. The predicted molar refractivity (Wildman–Crippen MR) is 125 cm³/mol. The summed E-state index contributed by atoms with van der Waals surface area (Å²) in [5, 5.41) is 0. The molecule has 6 nitrogen and oxygen atoms in total. The third-order valence-corrected chi connectivity index (χ3v) is 5.63. The van der Waals surface area contributed by atoms with Crippen LogP contribution >= 0.6 is 0 Å². The minimum Gasteiger partial charge on any atom is -0.495 e. The Hall–Kier alpha value is -2.76. The molecule has 0 N–H and O–H groups in total. The second-order valence-electron chi connectivity index (χ2n) is 9.88. The minimum atomic E-state index is -0.527. The summed E-state index contributed by atoms with van der Waals surface area (Å²) in [6.45, 7) is 14.4. The van der Waals surface area contributed by atoms with Crippen molar-refractivity contribution in [2.45, 2.75) is 79.2 Å². The molecule has 0 radical (unpaired) electrons. The van der Waals surface area contributed by atoms with Crippen LogP contribution in [0.5, 0.6) is 11.5 Å². The number of aryl methyl sites for hydroxylation is 1. The van der Waals surface area contributed by atoms with Gasteiger partial charge >= 0.3 is 6.09 Å². The standard InChI is InChI=1S/C26H36N2O4/c1-16(2)24-21-11-10-20(31-15-22-23(30-8)12-9-17(3)27-22)14-19(21)13-18(4)28(24)25(29)32-26(5,6)7/h9-12,14,16,18,24H,13,15H2,1-8H3. The molecule has 0 saturated heterocycles. The Bertz CT molecular complexity index is 965. The van der Waals surface area contributed by atoms with Gasteiger partial charge in [0.05, 0.1) is 13.2 Å². The van der Waals surface area contributed by atoms with E-state index in [0.29, 0.717) is 6.61 Å². The number of ether oxygens (including phenoxy) is 3. The summed E-state index contributed by atoms with van der Waals surface area (Å²) in [6, 6.07) is 9.96. The van der Waals surface area contributed by atoms with Gasteiger partial charge in [-0.15, -0.1) is 0 Å². The quantitative estimate of drug-likeness (QED) is 0.583. The number of amides is 1. The van der Waals surface area contributed by atoms with E-state index in [2.05, 4.69) is 37.9 Å². The number of pyridine rings is 1. The molecular formula is C26H36N2O4. The van der Waals surface area contributed by atoms with Crippen molar-refractivity contribution in [3.05, 3.63) is 52.8 Å². The number of carbonyl (C=O) groups excluding carboxylic acids is 1. The number of hydrogen-bond acceptors (Lipinski definition) is 5. The molecule has 1 aliphatic heterocycles. The fourth-order valence-electron chi connectivity index (χ4n) is 4.30. The van der Waals surface area contributed by atoms with E-state index >= 15 is 0 Å². The molecule has 174 valence electrons. The van der Waals surface area contributed by atoms with Crippen molar-refractivity contribution in [2.75, 3.05) is 7.11 Å². The van der Waals surface area contributed by atoms with E-state index in [-0.39, 0.29) is 24.1 Å². The molecule has 32 heavy (non-hydrogen) atoms. The molecule has 1 aromatic heterocycles. The highest BCUT2D eigenvalue weighted by Gasteiger charge is 2.39. The van der Waals surface area contributed by atoms with E-state index < -0.39 is 5.60 Å². The lowest BCUT2D eigenvalue weighted by atomic mass is 9.83. The van der Waals surface area contributed by atoms with Gasteiger partial charge in [-0.1, -0.05) is 19.9 Å². The summed E-state index contributed by atoms with van der Waals surface area (Å²) in [7, 11) is 1.64. The second kappa shape index (κ2) is 9.39. The Kier molecular flexibility index (Phi) is 7.01. The van der Waals surface area contributed by atoms with E-state index in [4.69, 9.17) is 14.2 Å². The maximum Gasteiger partial charge on any atom is 0.411 e. The summed E-state index contributed by atoms with van der Waals surface area (Å²) < 4.78 is 17.2. The third-order valence-electron chi connectivity index (χ3n) is 5.63. The second-order valence-corrected chi connectivity index (χ2v) is 9.88. The van der Waals surface area contributed by atoms with Gasteiger partial charge in [-0.2, -0.15) is 0 Å². The Balaban J connectivity index is 1.85. The molecule has 0 aliphatic carbocycles. The Morgan fingerprint density at radius 1 is 1.22 bits per heavy atom. The lowest BCUT2D eigenvalue weighted by Gasteiger charge is -2.44. The minimum absolute atomic E-state index is 0.0264. The van der Waals surface area contributed by atoms with Crippen LogP contribution in [0.3, 0.4) is 0 Å². The van der Waals surface area contributed by atoms with E-state index in [1.54, 1.807) is 7.11 Å². The molecule has 1 amide bonds. The highest BCUT2D eigenvalue weighted by molar-refractivity contribution is 5.70. The number of benzene rings is 1. The first-order valence-electron chi connectivity index (χ1n) is 11.3. The van der Waals surface area contributed by atoms with Crippen LogP contribution in [-0.2, 0) is 17.8 Å². The molecule has 6 heteroatoms. The first kappa shape index (κ1) is 23.9. The van der Waals surface area contributed by atoms with Crippen molar-refractivity contribution in [1.82, 2.24) is 9.88 Å². The van der Waals surface area contributed by atoms with E-state index in [9.17, 15) is 4.79 Å². The summed E-state index contributed by atoms with van der Waals surface area (Å²) >= 11 is 0. The van der Waals surface area contributed by atoms with Crippen LogP contribution in [0.25, 0.3) is 0 Å². The molecule has 0 spiro atoms.